The number of nitrogens with zero attached hydrogens (tertiary/aromatic N) is 1. The van der Waals surface area contributed by atoms with Gasteiger partial charge < -0.3 is 15.3 Å². The maximum Gasteiger partial charge on any atom is 0.326 e. The molecule has 0 aromatic rings. The molecule has 0 aromatic carbocycles. The van der Waals surface area contributed by atoms with Crippen LogP contribution in [0.3, 0.4) is 0 Å². The molecule has 0 bridgehead atoms. The molecule has 2 atom stereocenters. The highest BCUT2D eigenvalue weighted by Crippen LogP contribution is 2.17. The van der Waals surface area contributed by atoms with Crippen molar-refractivity contribution < 1.29 is 18.9 Å². The Bertz CT molecular complexity index is 349. The fourth-order valence-electron chi connectivity index (χ4n) is 2.13. The van der Waals surface area contributed by atoms with Crippen LogP contribution in [0.5, 0.6) is 0 Å². The number of hydrogen-bond acceptors (Lipinski definition) is 3. The Labute approximate surface area is 116 Å². The third-order valence-corrected chi connectivity index (χ3v) is 4.53. The van der Waals surface area contributed by atoms with Crippen molar-refractivity contribution in [2.75, 3.05) is 24.6 Å². The van der Waals surface area contributed by atoms with Crippen LogP contribution in [0.1, 0.15) is 32.6 Å². The van der Waals surface area contributed by atoms with E-state index in [0.29, 0.717) is 31.0 Å². The van der Waals surface area contributed by atoms with Crippen molar-refractivity contribution in [3.05, 3.63) is 0 Å². The normalized spacial score (nSPS) is 21.5. The Hall–Kier alpha value is -1.11. The highest BCUT2D eigenvalue weighted by molar-refractivity contribution is 7.84. The van der Waals surface area contributed by atoms with Crippen molar-refractivity contribution in [2.45, 2.75) is 38.6 Å². The zero-order valence-electron chi connectivity index (χ0n) is 11.3. The summed E-state index contributed by atoms with van der Waals surface area (Å²) in [6, 6.07) is -1.10. The Morgan fingerprint density at radius 1 is 1.37 bits per heavy atom. The van der Waals surface area contributed by atoms with Crippen LogP contribution in [0.25, 0.3) is 0 Å². The van der Waals surface area contributed by atoms with Crippen LogP contribution in [0.15, 0.2) is 0 Å². The SMILES string of the molecule is CCS(=O)CCNC(=O)N1CCCCCC1C(=O)O. The van der Waals surface area contributed by atoms with E-state index in [0.717, 1.165) is 19.3 Å². The molecule has 0 aliphatic carbocycles. The highest BCUT2D eigenvalue weighted by atomic mass is 32.2. The lowest BCUT2D eigenvalue weighted by molar-refractivity contribution is -0.142. The fourth-order valence-corrected chi connectivity index (χ4v) is 2.74. The molecule has 1 fully saturated rings. The molecule has 19 heavy (non-hydrogen) atoms. The van der Waals surface area contributed by atoms with Gasteiger partial charge in [-0.3, -0.25) is 4.21 Å². The summed E-state index contributed by atoms with van der Waals surface area (Å²) in [5.41, 5.74) is 0. The van der Waals surface area contributed by atoms with Gasteiger partial charge in [0.25, 0.3) is 0 Å². The lowest BCUT2D eigenvalue weighted by atomic mass is 10.1. The van der Waals surface area contributed by atoms with E-state index in [4.69, 9.17) is 5.11 Å². The highest BCUT2D eigenvalue weighted by Gasteiger charge is 2.30. The van der Waals surface area contributed by atoms with E-state index in [1.165, 1.54) is 4.90 Å². The van der Waals surface area contributed by atoms with Gasteiger partial charge in [0.15, 0.2) is 0 Å². The van der Waals surface area contributed by atoms with E-state index in [9.17, 15) is 13.8 Å². The van der Waals surface area contributed by atoms with Crippen LogP contribution in [-0.4, -0.2) is 56.9 Å². The number of carbonyl (C=O) groups is 2. The summed E-state index contributed by atoms with van der Waals surface area (Å²) in [5.74, 6) is 0.0275. The maximum atomic E-state index is 12.0. The standard InChI is InChI=1S/C12H22N2O4S/c1-2-19(18)9-7-13-12(17)14-8-5-3-4-6-10(14)11(15)16/h10H,2-9H2,1H3,(H,13,17)(H,15,16). The Morgan fingerprint density at radius 3 is 2.74 bits per heavy atom. The van der Waals surface area contributed by atoms with Crippen LogP contribution in [0.2, 0.25) is 0 Å². The number of rotatable bonds is 5. The van der Waals surface area contributed by atoms with Gasteiger partial charge in [0, 0.05) is 35.4 Å². The minimum Gasteiger partial charge on any atom is -0.480 e. The molecule has 1 heterocycles. The number of carboxylic acid groups (broad SMARTS) is 1. The number of urea groups is 1. The quantitative estimate of drug-likeness (QED) is 0.784. The van der Waals surface area contributed by atoms with Crippen LogP contribution in [-0.2, 0) is 15.6 Å². The topological polar surface area (TPSA) is 86.7 Å². The number of aliphatic carboxylic acids is 1. The minimum absolute atomic E-state index is 0.322. The predicted octanol–water partition coefficient (Wildman–Crippen LogP) is 0.794. The van der Waals surface area contributed by atoms with Crippen molar-refractivity contribution in [3.63, 3.8) is 0 Å². The summed E-state index contributed by atoms with van der Waals surface area (Å²) in [6.07, 6.45) is 3.12. The molecule has 0 saturated carbocycles. The van der Waals surface area contributed by atoms with Crippen molar-refractivity contribution in [2.24, 2.45) is 0 Å². The molecule has 2 amide bonds. The first-order valence-electron chi connectivity index (χ1n) is 6.68. The summed E-state index contributed by atoms with van der Waals surface area (Å²) in [5, 5.41) is 11.8. The molecule has 2 unspecified atom stereocenters. The summed E-state index contributed by atoms with van der Waals surface area (Å²) in [7, 11) is -0.919. The average Bonchev–Trinajstić information content (AvgIpc) is 2.63. The van der Waals surface area contributed by atoms with E-state index in [-0.39, 0.29) is 6.03 Å². The molecule has 0 spiro atoms. The molecular formula is C12H22N2O4S. The zero-order chi connectivity index (χ0) is 14.3. The van der Waals surface area contributed by atoms with Gasteiger partial charge in [-0.2, -0.15) is 0 Å². The lowest BCUT2D eigenvalue weighted by Crippen LogP contribution is -2.49. The van der Waals surface area contributed by atoms with Gasteiger partial charge in [-0.25, -0.2) is 9.59 Å². The molecule has 110 valence electrons. The molecule has 1 saturated heterocycles. The van der Waals surface area contributed by atoms with Gasteiger partial charge in [0.1, 0.15) is 6.04 Å². The molecule has 7 heteroatoms. The van der Waals surface area contributed by atoms with Crippen molar-refractivity contribution in [3.8, 4) is 0 Å². The number of carbonyl (C=O) groups excluding carboxylic acids is 1. The van der Waals surface area contributed by atoms with E-state index in [1.807, 2.05) is 6.92 Å². The first-order valence-corrected chi connectivity index (χ1v) is 8.17. The Kier molecular flexibility index (Phi) is 6.83. The van der Waals surface area contributed by atoms with Crippen molar-refractivity contribution in [1.29, 1.82) is 0 Å². The fraction of sp³-hybridized carbons (Fsp3) is 0.833. The Balaban J connectivity index is 2.51. The maximum absolute atomic E-state index is 12.0. The van der Waals surface area contributed by atoms with Crippen molar-refractivity contribution in [1.82, 2.24) is 10.2 Å². The van der Waals surface area contributed by atoms with Gasteiger partial charge in [-0.05, 0) is 12.8 Å². The van der Waals surface area contributed by atoms with Gasteiger partial charge in [-0.15, -0.1) is 0 Å². The van der Waals surface area contributed by atoms with Crippen molar-refractivity contribution >= 4 is 22.8 Å². The number of hydrogen-bond donors (Lipinski definition) is 2. The average molecular weight is 290 g/mol. The van der Waals surface area contributed by atoms with Crippen LogP contribution in [0, 0.1) is 0 Å². The lowest BCUT2D eigenvalue weighted by Gasteiger charge is -2.27. The predicted molar refractivity (Wildman–Crippen MR) is 73.5 cm³/mol. The second kappa shape index (κ2) is 8.14. The van der Waals surface area contributed by atoms with Gasteiger partial charge in [0.05, 0.1) is 0 Å². The molecule has 6 nitrogen and oxygen atoms in total. The molecule has 2 N–H and O–H groups in total. The summed E-state index contributed by atoms with van der Waals surface area (Å²) >= 11 is 0. The van der Waals surface area contributed by atoms with Gasteiger partial charge in [0.2, 0.25) is 0 Å². The molecule has 1 rings (SSSR count). The number of carboxylic acids is 1. The van der Waals surface area contributed by atoms with Crippen LogP contribution in [0.4, 0.5) is 4.79 Å². The largest absolute Gasteiger partial charge is 0.480 e. The third-order valence-electron chi connectivity index (χ3n) is 3.23. The molecule has 0 aromatic heterocycles. The summed E-state index contributed by atoms with van der Waals surface area (Å²) in [6.45, 7) is 2.62. The molecular weight excluding hydrogens is 268 g/mol. The Morgan fingerprint density at radius 2 is 2.11 bits per heavy atom. The second-order valence-electron chi connectivity index (χ2n) is 4.56. The first kappa shape index (κ1) is 15.9. The van der Waals surface area contributed by atoms with Gasteiger partial charge in [-0.1, -0.05) is 19.8 Å². The summed E-state index contributed by atoms with van der Waals surface area (Å²) < 4.78 is 11.2. The van der Waals surface area contributed by atoms with E-state index in [1.54, 1.807) is 0 Å². The summed E-state index contributed by atoms with van der Waals surface area (Å²) in [4.78, 5) is 24.6. The third kappa shape index (κ3) is 5.18. The van der Waals surface area contributed by atoms with Crippen LogP contribution >= 0.6 is 0 Å². The minimum atomic E-state index is -0.950. The molecule has 1 aliphatic rings. The smallest absolute Gasteiger partial charge is 0.326 e. The van der Waals surface area contributed by atoms with Gasteiger partial charge >= 0.3 is 12.0 Å². The number of amides is 2. The van der Waals surface area contributed by atoms with E-state index >= 15 is 0 Å². The molecule has 0 radical (unpaired) electrons. The first-order chi connectivity index (χ1) is 9.06. The van der Waals surface area contributed by atoms with Crippen LogP contribution < -0.4 is 5.32 Å². The van der Waals surface area contributed by atoms with E-state index in [2.05, 4.69) is 5.32 Å². The number of nitrogens with one attached hydrogen (secondary N) is 1. The number of likely N-dealkylation sites (tertiary alicyclic amines) is 1. The zero-order valence-corrected chi connectivity index (χ0v) is 12.1. The molecule has 1 aliphatic heterocycles. The van der Waals surface area contributed by atoms with E-state index < -0.39 is 22.8 Å². The monoisotopic (exact) mass is 290 g/mol. The second-order valence-corrected chi connectivity index (χ2v) is 6.43.